The molecule has 0 amide bonds. The van der Waals surface area contributed by atoms with E-state index in [2.05, 4.69) is 0 Å². The topological polar surface area (TPSA) is 85.2 Å². The van der Waals surface area contributed by atoms with E-state index in [0.29, 0.717) is 0 Å². The molecule has 2 aliphatic heterocycles. The molecule has 6 heteroatoms. The number of carboxylic acids is 1. The molecule has 0 aromatic rings. The Balaban J connectivity index is 2.11. The lowest BCUT2D eigenvalue weighted by Crippen LogP contribution is -2.38. The van der Waals surface area contributed by atoms with Crippen LogP contribution >= 0.6 is 0 Å². The minimum atomic E-state index is -1.26. The van der Waals surface area contributed by atoms with Gasteiger partial charge in [-0.3, -0.25) is 0 Å². The Kier molecular flexibility index (Phi) is 2.04. The molecular weight excluding hydrogens is 192 g/mol. The number of fused-ring (bicyclic) bond motifs is 1. The van der Waals surface area contributed by atoms with Crippen molar-refractivity contribution in [3.63, 3.8) is 0 Å². The maximum absolute atomic E-state index is 10.6. The average molecular weight is 204 g/mol. The van der Waals surface area contributed by atoms with Crippen molar-refractivity contribution in [2.45, 2.75) is 44.2 Å². The number of aliphatic hydroxyl groups is 1. The molecule has 0 aromatic heterocycles. The number of aliphatic carboxylic acids is 1. The van der Waals surface area contributed by atoms with Crippen molar-refractivity contribution in [3.05, 3.63) is 0 Å². The van der Waals surface area contributed by atoms with Crippen LogP contribution in [0.15, 0.2) is 0 Å². The summed E-state index contributed by atoms with van der Waals surface area (Å²) >= 11 is 0. The van der Waals surface area contributed by atoms with E-state index < -0.39 is 36.4 Å². The Bertz CT molecular complexity index is 263. The van der Waals surface area contributed by atoms with Gasteiger partial charge in [-0.15, -0.1) is 0 Å². The highest BCUT2D eigenvalue weighted by Gasteiger charge is 2.56. The first kappa shape index (κ1) is 9.85. The van der Waals surface area contributed by atoms with Crippen LogP contribution in [-0.4, -0.2) is 46.6 Å². The van der Waals surface area contributed by atoms with Gasteiger partial charge in [-0.2, -0.15) is 0 Å². The van der Waals surface area contributed by atoms with Gasteiger partial charge in [-0.05, 0) is 13.8 Å². The van der Waals surface area contributed by atoms with Crippen LogP contribution in [-0.2, 0) is 19.0 Å². The Morgan fingerprint density at radius 2 is 2.00 bits per heavy atom. The zero-order chi connectivity index (χ0) is 10.5. The lowest BCUT2D eigenvalue weighted by Gasteiger charge is -2.21. The summed E-state index contributed by atoms with van der Waals surface area (Å²) in [5, 5.41) is 18.2. The zero-order valence-electron chi connectivity index (χ0n) is 7.84. The van der Waals surface area contributed by atoms with E-state index >= 15 is 0 Å². The molecule has 4 atom stereocenters. The molecule has 0 saturated carbocycles. The van der Waals surface area contributed by atoms with Crippen molar-refractivity contribution in [2.75, 3.05) is 0 Å². The van der Waals surface area contributed by atoms with Crippen molar-refractivity contribution < 1.29 is 29.2 Å². The third-order valence-electron chi connectivity index (χ3n) is 2.26. The van der Waals surface area contributed by atoms with Crippen molar-refractivity contribution in [3.8, 4) is 0 Å². The van der Waals surface area contributed by atoms with Crippen molar-refractivity contribution in [1.82, 2.24) is 0 Å². The molecule has 6 nitrogen and oxygen atoms in total. The van der Waals surface area contributed by atoms with Gasteiger partial charge in [0.1, 0.15) is 12.2 Å². The van der Waals surface area contributed by atoms with Crippen LogP contribution in [0.1, 0.15) is 13.8 Å². The number of ether oxygens (including phenoxy) is 3. The molecule has 0 radical (unpaired) electrons. The Hall–Kier alpha value is -0.690. The highest BCUT2D eigenvalue weighted by molar-refractivity contribution is 5.73. The van der Waals surface area contributed by atoms with Gasteiger partial charge in [0.25, 0.3) is 0 Å². The predicted octanol–water partition coefficient (Wildman–Crippen LogP) is -0.692. The van der Waals surface area contributed by atoms with E-state index in [-0.39, 0.29) is 0 Å². The fraction of sp³-hybridized carbons (Fsp3) is 0.875. The first-order valence-electron chi connectivity index (χ1n) is 4.33. The van der Waals surface area contributed by atoms with Crippen molar-refractivity contribution in [2.24, 2.45) is 0 Å². The van der Waals surface area contributed by atoms with Gasteiger partial charge in [-0.25, -0.2) is 4.79 Å². The smallest absolute Gasteiger partial charge is 0.335 e. The molecule has 0 aromatic carbocycles. The number of carboxylic acid groups (broad SMARTS) is 1. The van der Waals surface area contributed by atoms with E-state index in [1.165, 1.54) is 0 Å². The fourth-order valence-corrected chi connectivity index (χ4v) is 1.70. The number of carbonyl (C=O) groups is 1. The largest absolute Gasteiger partial charge is 0.479 e. The van der Waals surface area contributed by atoms with Gasteiger partial charge in [-0.1, -0.05) is 0 Å². The molecule has 0 bridgehead atoms. The lowest BCUT2D eigenvalue weighted by atomic mass is 10.1. The molecule has 14 heavy (non-hydrogen) atoms. The average Bonchev–Trinajstić information content (AvgIpc) is 2.46. The van der Waals surface area contributed by atoms with Crippen LogP contribution in [0.4, 0.5) is 0 Å². The second-order valence-corrected chi connectivity index (χ2v) is 3.85. The molecular formula is C8H12O6. The van der Waals surface area contributed by atoms with E-state index in [1.807, 2.05) is 0 Å². The van der Waals surface area contributed by atoms with Crippen LogP contribution < -0.4 is 0 Å². The summed E-state index contributed by atoms with van der Waals surface area (Å²) < 4.78 is 15.6. The summed E-state index contributed by atoms with van der Waals surface area (Å²) in [6.45, 7) is 3.36. The Labute approximate surface area is 80.4 Å². The van der Waals surface area contributed by atoms with Crippen LogP contribution in [0.25, 0.3) is 0 Å². The van der Waals surface area contributed by atoms with Crippen molar-refractivity contribution >= 4 is 5.97 Å². The minimum absolute atomic E-state index is 0.717. The molecule has 2 rings (SSSR count). The highest BCUT2D eigenvalue weighted by atomic mass is 16.8. The molecule has 2 aliphatic rings. The Morgan fingerprint density at radius 1 is 1.36 bits per heavy atom. The lowest BCUT2D eigenvalue weighted by molar-refractivity contribution is -0.219. The maximum Gasteiger partial charge on any atom is 0.335 e. The van der Waals surface area contributed by atoms with Gasteiger partial charge in [0.2, 0.25) is 0 Å². The molecule has 2 fully saturated rings. The molecule has 2 N–H and O–H groups in total. The fourth-order valence-electron chi connectivity index (χ4n) is 1.70. The van der Waals surface area contributed by atoms with Crippen molar-refractivity contribution in [1.29, 1.82) is 0 Å². The summed E-state index contributed by atoms with van der Waals surface area (Å²) in [6.07, 6.45) is -3.95. The monoisotopic (exact) mass is 204 g/mol. The van der Waals surface area contributed by atoms with E-state index in [9.17, 15) is 9.90 Å². The van der Waals surface area contributed by atoms with Crippen LogP contribution in [0.3, 0.4) is 0 Å². The Morgan fingerprint density at radius 3 is 2.50 bits per heavy atom. The third kappa shape index (κ3) is 1.40. The summed E-state index contributed by atoms with van der Waals surface area (Å²) in [5.74, 6) is -2.04. The van der Waals surface area contributed by atoms with E-state index in [1.54, 1.807) is 13.8 Å². The number of rotatable bonds is 1. The first-order valence-corrected chi connectivity index (χ1v) is 4.33. The molecule has 0 spiro atoms. The number of aliphatic hydroxyl groups excluding tert-OH is 1. The summed E-state index contributed by atoms with van der Waals surface area (Å²) in [4.78, 5) is 10.6. The van der Waals surface area contributed by atoms with E-state index in [0.717, 1.165) is 0 Å². The molecule has 2 saturated heterocycles. The van der Waals surface area contributed by atoms with Gasteiger partial charge in [0, 0.05) is 0 Å². The zero-order valence-corrected chi connectivity index (χ0v) is 7.84. The maximum atomic E-state index is 10.6. The van der Waals surface area contributed by atoms with Gasteiger partial charge < -0.3 is 24.4 Å². The van der Waals surface area contributed by atoms with Gasteiger partial charge in [0.05, 0.1) is 0 Å². The minimum Gasteiger partial charge on any atom is -0.479 e. The molecule has 0 aliphatic carbocycles. The SMILES string of the molecule is CC1(C)O[C@@H]2O[C@@H](C(=O)O)[C@@H](O)[C@H]2O1. The quantitative estimate of drug-likeness (QED) is 0.588. The standard InChI is InChI=1S/C8H12O6/c1-8(2)13-5-3(9)4(6(10)11)12-7(5)14-8/h3-5,7,9H,1-2H3,(H,10,11)/t3-,4-,5-,7+/m1/s1. The van der Waals surface area contributed by atoms with E-state index in [4.69, 9.17) is 19.3 Å². The normalized spacial score (nSPS) is 45.1. The number of hydrogen-bond donors (Lipinski definition) is 2. The van der Waals surface area contributed by atoms with Gasteiger partial charge in [0.15, 0.2) is 18.2 Å². The second kappa shape index (κ2) is 2.90. The summed E-state index contributed by atoms with van der Waals surface area (Å²) in [7, 11) is 0. The van der Waals surface area contributed by atoms with Gasteiger partial charge >= 0.3 is 5.97 Å². The van der Waals surface area contributed by atoms with Crippen LogP contribution in [0.5, 0.6) is 0 Å². The summed E-state index contributed by atoms with van der Waals surface area (Å²) in [6, 6.07) is 0. The highest BCUT2D eigenvalue weighted by Crippen LogP contribution is 2.37. The van der Waals surface area contributed by atoms with Crippen LogP contribution in [0, 0.1) is 0 Å². The van der Waals surface area contributed by atoms with Crippen LogP contribution in [0.2, 0.25) is 0 Å². The summed E-state index contributed by atoms with van der Waals surface area (Å²) in [5.41, 5.74) is 0. The molecule has 2 heterocycles. The second-order valence-electron chi connectivity index (χ2n) is 3.85. The molecule has 0 unspecified atom stereocenters. The third-order valence-corrected chi connectivity index (χ3v) is 2.26. The number of hydrogen-bond acceptors (Lipinski definition) is 5. The first-order chi connectivity index (χ1) is 6.41. The molecule has 80 valence electrons. The predicted molar refractivity (Wildman–Crippen MR) is 42.3 cm³/mol.